The molecule has 0 fully saturated rings. The summed E-state index contributed by atoms with van der Waals surface area (Å²) in [5.41, 5.74) is 7.63. The Kier molecular flexibility index (Phi) is 3.65. The van der Waals surface area contributed by atoms with E-state index < -0.39 is 6.04 Å². The lowest BCUT2D eigenvalue weighted by Gasteiger charge is -2.17. The molecule has 0 saturated carbocycles. The van der Waals surface area contributed by atoms with E-state index in [1.807, 2.05) is 6.07 Å². The Morgan fingerprint density at radius 2 is 2.05 bits per heavy atom. The Labute approximate surface area is 116 Å². The van der Waals surface area contributed by atoms with E-state index in [4.69, 9.17) is 5.73 Å². The second-order valence-electron chi connectivity index (χ2n) is 4.94. The number of carbonyl (C=O) groups is 2. The highest BCUT2D eigenvalue weighted by Crippen LogP contribution is 2.20. The van der Waals surface area contributed by atoms with E-state index in [9.17, 15) is 9.59 Å². The van der Waals surface area contributed by atoms with E-state index in [0.29, 0.717) is 11.3 Å². The molecule has 6 heteroatoms. The first-order valence-electron chi connectivity index (χ1n) is 6.29. The number of rotatable bonds is 3. The van der Waals surface area contributed by atoms with Crippen molar-refractivity contribution in [2.24, 2.45) is 0 Å². The molecule has 0 saturated heterocycles. The van der Waals surface area contributed by atoms with Crippen LogP contribution in [0.1, 0.15) is 17.3 Å². The lowest BCUT2D eigenvalue weighted by atomic mass is 10.1. The standard InChI is InChI=1S/C14H18N4O2/c1-8(14(20)18(2)3)17-13(19)11-7-16-12-5-4-9(15)6-10(11)12/h4-8,16H,15H2,1-3H3,(H,17,19). The van der Waals surface area contributed by atoms with Crippen LogP contribution in [0.25, 0.3) is 10.9 Å². The first-order valence-corrected chi connectivity index (χ1v) is 6.29. The largest absolute Gasteiger partial charge is 0.399 e. The van der Waals surface area contributed by atoms with Crippen LogP contribution < -0.4 is 11.1 Å². The lowest BCUT2D eigenvalue weighted by Crippen LogP contribution is -2.44. The van der Waals surface area contributed by atoms with Crippen LogP contribution in [0.5, 0.6) is 0 Å². The van der Waals surface area contributed by atoms with Crippen molar-refractivity contribution in [2.45, 2.75) is 13.0 Å². The van der Waals surface area contributed by atoms with E-state index in [1.54, 1.807) is 39.3 Å². The van der Waals surface area contributed by atoms with Crippen LogP contribution in [0.15, 0.2) is 24.4 Å². The first-order chi connectivity index (χ1) is 9.40. The highest BCUT2D eigenvalue weighted by atomic mass is 16.2. The SMILES string of the molecule is CC(NC(=O)c1c[nH]c2ccc(N)cc12)C(=O)N(C)C. The van der Waals surface area contributed by atoms with Crippen molar-refractivity contribution in [1.82, 2.24) is 15.2 Å². The number of amides is 2. The number of H-pyrrole nitrogens is 1. The van der Waals surface area contributed by atoms with Crippen LogP contribution in [0, 0.1) is 0 Å². The van der Waals surface area contributed by atoms with Crippen LogP contribution in [-0.4, -0.2) is 41.8 Å². The van der Waals surface area contributed by atoms with E-state index in [0.717, 1.165) is 10.9 Å². The van der Waals surface area contributed by atoms with Crippen LogP contribution in [0.2, 0.25) is 0 Å². The maximum absolute atomic E-state index is 12.2. The van der Waals surface area contributed by atoms with Crippen molar-refractivity contribution in [3.63, 3.8) is 0 Å². The number of nitrogens with two attached hydrogens (primary N) is 1. The van der Waals surface area contributed by atoms with Crippen LogP contribution in [-0.2, 0) is 4.79 Å². The summed E-state index contributed by atoms with van der Waals surface area (Å²) in [4.78, 5) is 28.4. The number of aromatic nitrogens is 1. The van der Waals surface area contributed by atoms with Crippen molar-refractivity contribution >= 4 is 28.4 Å². The summed E-state index contributed by atoms with van der Waals surface area (Å²) < 4.78 is 0. The molecule has 20 heavy (non-hydrogen) atoms. The molecule has 1 aromatic carbocycles. The number of carbonyl (C=O) groups excluding carboxylic acids is 2. The minimum absolute atomic E-state index is 0.155. The number of likely N-dealkylation sites (N-methyl/N-ethyl adjacent to an activating group) is 1. The molecule has 6 nitrogen and oxygen atoms in total. The molecule has 2 rings (SSSR count). The smallest absolute Gasteiger partial charge is 0.254 e. The Bertz CT molecular complexity index is 660. The van der Waals surface area contributed by atoms with Gasteiger partial charge in [0.25, 0.3) is 5.91 Å². The van der Waals surface area contributed by atoms with Gasteiger partial charge in [-0.05, 0) is 25.1 Å². The third-order valence-corrected chi connectivity index (χ3v) is 3.11. The number of benzene rings is 1. The molecule has 1 atom stereocenters. The minimum atomic E-state index is -0.580. The summed E-state index contributed by atoms with van der Waals surface area (Å²) in [6, 6.07) is 4.73. The second-order valence-corrected chi connectivity index (χ2v) is 4.94. The highest BCUT2D eigenvalue weighted by molar-refractivity contribution is 6.08. The molecule has 0 bridgehead atoms. The quantitative estimate of drug-likeness (QED) is 0.728. The van der Waals surface area contributed by atoms with Gasteiger partial charge in [-0.2, -0.15) is 0 Å². The van der Waals surface area contributed by atoms with Crippen molar-refractivity contribution in [2.75, 3.05) is 19.8 Å². The highest BCUT2D eigenvalue weighted by Gasteiger charge is 2.19. The molecule has 0 spiro atoms. The molecule has 0 aliphatic rings. The van der Waals surface area contributed by atoms with Crippen LogP contribution in [0.3, 0.4) is 0 Å². The predicted molar refractivity (Wildman–Crippen MR) is 78.3 cm³/mol. The molecule has 4 N–H and O–H groups in total. The van der Waals surface area contributed by atoms with Gasteiger partial charge in [-0.1, -0.05) is 0 Å². The van der Waals surface area contributed by atoms with E-state index >= 15 is 0 Å². The molecular weight excluding hydrogens is 256 g/mol. The van der Waals surface area contributed by atoms with Gasteiger partial charge in [0, 0.05) is 36.9 Å². The molecule has 0 radical (unpaired) electrons. The summed E-state index contributed by atoms with van der Waals surface area (Å²) in [5.74, 6) is -0.456. The lowest BCUT2D eigenvalue weighted by molar-refractivity contribution is -0.130. The van der Waals surface area contributed by atoms with Crippen LogP contribution in [0.4, 0.5) is 5.69 Å². The van der Waals surface area contributed by atoms with E-state index in [1.165, 1.54) is 4.90 Å². The van der Waals surface area contributed by atoms with Crippen molar-refractivity contribution in [3.8, 4) is 0 Å². The predicted octanol–water partition coefficient (Wildman–Crippen LogP) is 0.957. The second kappa shape index (κ2) is 5.24. The summed E-state index contributed by atoms with van der Waals surface area (Å²) in [7, 11) is 3.30. The van der Waals surface area contributed by atoms with Gasteiger partial charge < -0.3 is 20.9 Å². The summed E-state index contributed by atoms with van der Waals surface area (Å²) in [6.45, 7) is 1.66. The molecule has 2 aromatic rings. The Balaban J connectivity index is 2.24. The molecule has 2 amide bonds. The van der Waals surface area contributed by atoms with Gasteiger partial charge in [0.1, 0.15) is 6.04 Å². The zero-order chi connectivity index (χ0) is 14.9. The monoisotopic (exact) mass is 274 g/mol. The molecule has 1 heterocycles. The zero-order valence-electron chi connectivity index (χ0n) is 11.7. The Hall–Kier alpha value is -2.50. The molecule has 106 valence electrons. The summed E-state index contributed by atoms with van der Waals surface area (Å²) >= 11 is 0. The molecular formula is C14H18N4O2. The Morgan fingerprint density at radius 1 is 1.35 bits per heavy atom. The number of anilines is 1. The zero-order valence-corrected chi connectivity index (χ0v) is 11.7. The molecule has 1 unspecified atom stereocenters. The van der Waals surface area contributed by atoms with Gasteiger partial charge in [0.05, 0.1) is 5.56 Å². The van der Waals surface area contributed by atoms with Crippen LogP contribution >= 0.6 is 0 Å². The van der Waals surface area contributed by atoms with Gasteiger partial charge in [-0.25, -0.2) is 0 Å². The number of nitrogen functional groups attached to an aromatic ring is 1. The fraction of sp³-hybridized carbons (Fsp3) is 0.286. The maximum Gasteiger partial charge on any atom is 0.254 e. The third kappa shape index (κ3) is 2.59. The van der Waals surface area contributed by atoms with Gasteiger partial charge in [-0.3, -0.25) is 9.59 Å². The molecule has 1 aromatic heterocycles. The number of nitrogens with one attached hydrogen (secondary N) is 2. The van der Waals surface area contributed by atoms with Gasteiger partial charge in [-0.15, -0.1) is 0 Å². The number of fused-ring (bicyclic) bond motifs is 1. The van der Waals surface area contributed by atoms with Crippen molar-refractivity contribution < 1.29 is 9.59 Å². The first kappa shape index (κ1) is 13.9. The number of hydrogen-bond donors (Lipinski definition) is 3. The topological polar surface area (TPSA) is 91.2 Å². The summed E-state index contributed by atoms with van der Waals surface area (Å²) in [6.07, 6.45) is 1.62. The normalized spacial score (nSPS) is 12.2. The van der Waals surface area contributed by atoms with Gasteiger partial charge in [0.15, 0.2) is 0 Å². The maximum atomic E-state index is 12.2. The van der Waals surface area contributed by atoms with Gasteiger partial charge >= 0.3 is 0 Å². The number of nitrogens with zero attached hydrogens (tertiary/aromatic N) is 1. The average molecular weight is 274 g/mol. The molecule has 0 aliphatic heterocycles. The third-order valence-electron chi connectivity index (χ3n) is 3.11. The van der Waals surface area contributed by atoms with Gasteiger partial charge in [0.2, 0.25) is 5.91 Å². The average Bonchev–Trinajstić information content (AvgIpc) is 2.80. The minimum Gasteiger partial charge on any atom is -0.399 e. The molecule has 0 aliphatic carbocycles. The van der Waals surface area contributed by atoms with E-state index in [2.05, 4.69) is 10.3 Å². The fourth-order valence-corrected chi connectivity index (χ4v) is 2.05. The van der Waals surface area contributed by atoms with Crippen molar-refractivity contribution in [1.29, 1.82) is 0 Å². The number of hydrogen-bond acceptors (Lipinski definition) is 3. The summed E-state index contributed by atoms with van der Waals surface area (Å²) in [5, 5.41) is 3.43. The Morgan fingerprint density at radius 3 is 2.70 bits per heavy atom. The van der Waals surface area contributed by atoms with Crippen molar-refractivity contribution in [3.05, 3.63) is 30.0 Å². The number of aromatic amines is 1. The van der Waals surface area contributed by atoms with E-state index in [-0.39, 0.29) is 11.8 Å². The fourth-order valence-electron chi connectivity index (χ4n) is 2.05.